The summed E-state index contributed by atoms with van der Waals surface area (Å²) in [6.07, 6.45) is 3.72. The highest BCUT2D eigenvalue weighted by Gasteiger charge is 2.19. The molecule has 1 atom stereocenters. The number of nitrogens with one attached hydrogen (secondary N) is 1. The number of carbonyl (C=O) groups is 2. The van der Waals surface area contributed by atoms with Crippen LogP contribution in [0.5, 0.6) is 0 Å². The summed E-state index contributed by atoms with van der Waals surface area (Å²) in [7, 11) is 0. The van der Waals surface area contributed by atoms with Crippen molar-refractivity contribution in [3.63, 3.8) is 0 Å². The van der Waals surface area contributed by atoms with E-state index in [-0.39, 0.29) is 23.3 Å². The normalized spacial score (nSPS) is 17.1. The van der Waals surface area contributed by atoms with E-state index in [0.717, 1.165) is 32.4 Å². The standard InChI is InChI=1S/C15H29N3O2/c1-15(2,3)11-12(16)10-13(19)17-7-6-14(20)18-8-4-5-9-18/h12H,4-11,16H2,1-3H3,(H,17,19). The second-order valence-electron chi connectivity index (χ2n) is 6.92. The maximum Gasteiger partial charge on any atom is 0.224 e. The van der Waals surface area contributed by atoms with E-state index in [0.29, 0.717) is 19.4 Å². The number of carbonyl (C=O) groups excluding carboxylic acids is 2. The van der Waals surface area contributed by atoms with Crippen molar-refractivity contribution in [2.75, 3.05) is 19.6 Å². The average Bonchev–Trinajstić information content (AvgIpc) is 2.78. The van der Waals surface area contributed by atoms with Gasteiger partial charge in [-0.25, -0.2) is 0 Å². The predicted molar refractivity (Wildman–Crippen MR) is 80.1 cm³/mol. The SMILES string of the molecule is CC(C)(C)CC(N)CC(=O)NCCC(=O)N1CCCC1. The molecule has 0 aliphatic carbocycles. The highest BCUT2D eigenvalue weighted by atomic mass is 16.2. The van der Waals surface area contributed by atoms with Crippen molar-refractivity contribution < 1.29 is 9.59 Å². The average molecular weight is 283 g/mol. The molecule has 116 valence electrons. The number of hydrogen-bond donors (Lipinski definition) is 2. The molecule has 1 unspecified atom stereocenters. The minimum Gasteiger partial charge on any atom is -0.356 e. The van der Waals surface area contributed by atoms with Gasteiger partial charge >= 0.3 is 0 Å². The van der Waals surface area contributed by atoms with Crippen LogP contribution in [0.2, 0.25) is 0 Å². The smallest absolute Gasteiger partial charge is 0.224 e. The Labute approximate surface area is 122 Å². The summed E-state index contributed by atoms with van der Waals surface area (Å²) in [6, 6.07) is -0.121. The summed E-state index contributed by atoms with van der Waals surface area (Å²) in [5.74, 6) is 0.0813. The van der Waals surface area contributed by atoms with Crippen LogP contribution in [-0.2, 0) is 9.59 Å². The molecular weight excluding hydrogens is 254 g/mol. The lowest BCUT2D eigenvalue weighted by atomic mass is 9.87. The Morgan fingerprint density at radius 3 is 2.40 bits per heavy atom. The van der Waals surface area contributed by atoms with Crippen LogP contribution in [0.1, 0.15) is 52.9 Å². The van der Waals surface area contributed by atoms with Gasteiger partial charge in [0.1, 0.15) is 0 Å². The molecule has 5 nitrogen and oxygen atoms in total. The number of rotatable bonds is 6. The molecule has 2 amide bonds. The highest BCUT2D eigenvalue weighted by molar-refractivity contribution is 5.79. The van der Waals surface area contributed by atoms with Crippen LogP contribution in [-0.4, -0.2) is 42.4 Å². The Morgan fingerprint density at radius 2 is 1.85 bits per heavy atom. The zero-order valence-electron chi connectivity index (χ0n) is 13.1. The summed E-state index contributed by atoms with van der Waals surface area (Å²) in [5, 5.41) is 2.79. The molecule has 1 fully saturated rings. The van der Waals surface area contributed by atoms with E-state index in [2.05, 4.69) is 26.1 Å². The molecule has 1 aliphatic rings. The van der Waals surface area contributed by atoms with Gasteiger partial charge in [0.15, 0.2) is 0 Å². The Kier molecular flexibility index (Phi) is 6.46. The van der Waals surface area contributed by atoms with Crippen molar-refractivity contribution >= 4 is 11.8 Å². The van der Waals surface area contributed by atoms with Crippen molar-refractivity contribution in [3.05, 3.63) is 0 Å². The molecule has 20 heavy (non-hydrogen) atoms. The van der Waals surface area contributed by atoms with Gasteiger partial charge < -0.3 is 16.0 Å². The van der Waals surface area contributed by atoms with E-state index in [1.165, 1.54) is 0 Å². The minimum atomic E-state index is -0.121. The lowest BCUT2D eigenvalue weighted by Crippen LogP contribution is -2.36. The summed E-state index contributed by atoms with van der Waals surface area (Å²) < 4.78 is 0. The van der Waals surface area contributed by atoms with E-state index in [9.17, 15) is 9.59 Å². The van der Waals surface area contributed by atoms with Gasteiger partial charge in [0, 0.05) is 38.5 Å². The first-order valence-electron chi connectivity index (χ1n) is 7.58. The fraction of sp³-hybridized carbons (Fsp3) is 0.867. The second kappa shape index (κ2) is 7.62. The number of nitrogens with zero attached hydrogens (tertiary/aromatic N) is 1. The second-order valence-corrected chi connectivity index (χ2v) is 6.92. The zero-order valence-corrected chi connectivity index (χ0v) is 13.1. The van der Waals surface area contributed by atoms with Crippen LogP contribution < -0.4 is 11.1 Å². The van der Waals surface area contributed by atoms with E-state index in [1.54, 1.807) is 0 Å². The van der Waals surface area contributed by atoms with Gasteiger partial charge in [-0.05, 0) is 24.7 Å². The third-order valence-electron chi connectivity index (χ3n) is 3.44. The summed E-state index contributed by atoms with van der Waals surface area (Å²) in [5.41, 5.74) is 6.09. The van der Waals surface area contributed by atoms with Crippen LogP contribution in [0.3, 0.4) is 0 Å². The number of amides is 2. The Morgan fingerprint density at radius 1 is 1.25 bits per heavy atom. The molecule has 0 radical (unpaired) electrons. The van der Waals surface area contributed by atoms with Gasteiger partial charge in [-0.3, -0.25) is 9.59 Å². The number of nitrogens with two attached hydrogens (primary N) is 1. The molecule has 0 aromatic carbocycles. The maximum atomic E-state index is 11.8. The molecule has 1 aliphatic heterocycles. The molecule has 0 spiro atoms. The number of hydrogen-bond acceptors (Lipinski definition) is 3. The third-order valence-corrected chi connectivity index (χ3v) is 3.44. The molecule has 1 heterocycles. The molecule has 0 saturated carbocycles. The summed E-state index contributed by atoms with van der Waals surface area (Å²) >= 11 is 0. The van der Waals surface area contributed by atoms with Crippen LogP contribution in [0.4, 0.5) is 0 Å². The van der Waals surface area contributed by atoms with Crippen LogP contribution in [0.15, 0.2) is 0 Å². The van der Waals surface area contributed by atoms with Crippen LogP contribution in [0, 0.1) is 5.41 Å². The Hall–Kier alpha value is -1.10. The molecule has 1 saturated heterocycles. The van der Waals surface area contributed by atoms with E-state index in [4.69, 9.17) is 5.73 Å². The fourth-order valence-corrected chi connectivity index (χ4v) is 2.60. The van der Waals surface area contributed by atoms with Gasteiger partial charge in [0.25, 0.3) is 0 Å². The van der Waals surface area contributed by atoms with Gasteiger partial charge in [-0.1, -0.05) is 20.8 Å². The Bertz CT molecular complexity index is 331. The molecule has 0 bridgehead atoms. The van der Waals surface area contributed by atoms with Crippen molar-refractivity contribution in [1.29, 1.82) is 0 Å². The minimum absolute atomic E-state index is 0.0593. The molecule has 1 rings (SSSR count). The first kappa shape index (κ1) is 17.0. The topological polar surface area (TPSA) is 75.4 Å². The van der Waals surface area contributed by atoms with Crippen LogP contribution >= 0.6 is 0 Å². The lowest BCUT2D eigenvalue weighted by molar-refractivity contribution is -0.130. The fourth-order valence-electron chi connectivity index (χ4n) is 2.60. The Balaban J connectivity index is 2.15. The third kappa shape index (κ3) is 6.89. The predicted octanol–water partition coefficient (Wildman–Crippen LogP) is 1.27. The van der Waals surface area contributed by atoms with Gasteiger partial charge in [-0.15, -0.1) is 0 Å². The largest absolute Gasteiger partial charge is 0.356 e. The monoisotopic (exact) mass is 283 g/mol. The molecule has 3 N–H and O–H groups in total. The first-order valence-corrected chi connectivity index (χ1v) is 7.58. The summed E-state index contributed by atoms with van der Waals surface area (Å²) in [6.45, 7) is 8.47. The van der Waals surface area contributed by atoms with Crippen molar-refractivity contribution in [2.45, 2.75) is 58.9 Å². The maximum absolute atomic E-state index is 11.8. The zero-order chi connectivity index (χ0) is 15.2. The van der Waals surface area contributed by atoms with E-state index in [1.807, 2.05) is 4.90 Å². The molecule has 0 aromatic heterocycles. The molecule has 0 aromatic rings. The van der Waals surface area contributed by atoms with Crippen LogP contribution in [0.25, 0.3) is 0 Å². The van der Waals surface area contributed by atoms with E-state index < -0.39 is 0 Å². The molecular formula is C15H29N3O2. The highest BCUT2D eigenvalue weighted by Crippen LogP contribution is 2.20. The van der Waals surface area contributed by atoms with Crippen molar-refractivity contribution in [1.82, 2.24) is 10.2 Å². The first-order chi connectivity index (χ1) is 9.28. The summed E-state index contributed by atoms with van der Waals surface area (Å²) in [4.78, 5) is 25.4. The van der Waals surface area contributed by atoms with E-state index >= 15 is 0 Å². The van der Waals surface area contributed by atoms with Crippen molar-refractivity contribution in [2.24, 2.45) is 11.1 Å². The molecule has 5 heteroatoms. The lowest BCUT2D eigenvalue weighted by Gasteiger charge is -2.22. The van der Waals surface area contributed by atoms with Gasteiger partial charge in [-0.2, -0.15) is 0 Å². The van der Waals surface area contributed by atoms with Gasteiger partial charge in [0.2, 0.25) is 11.8 Å². The number of likely N-dealkylation sites (tertiary alicyclic amines) is 1. The van der Waals surface area contributed by atoms with Crippen molar-refractivity contribution in [3.8, 4) is 0 Å². The van der Waals surface area contributed by atoms with Gasteiger partial charge in [0.05, 0.1) is 0 Å². The quantitative estimate of drug-likeness (QED) is 0.771.